The summed E-state index contributed by atoms with van der Waals surface area (Å²) in [6, 6.07) is 12.1. The summed E-state index contributed by atoms with van der Waals surface area (Å²) >= 11 is 0. The van der Waals surface area contributed by atoms with E-state index in [0.717, 1.165) is 5.56 Å². The molecule has 0 bridgehead atoms. The number of carbonyl (C=O) groups is 2. The molecule has 6 nitrogen and oxygen atoms in total. The van der Waals surface area contributed by atoms with Crippen LogP contribution in [0.1, 0.15) is 26.3 Å². The minimum atomic E-state index is -0.225. The van der Waals surface area contributed by atoms with Crippen LogP contribution in [0.2, 0.25) is 0 Å². The van der Waals surface area contributed by atoms with Gasteiger partial charge in [-0.1, -0.05) is 24.8 Å². The van der Waals surface area contributed by atoms with Gasteiger partial charge in [0.2, 0.25) is 0 Å². The van der Waals surface area contributed by atoms with Crippen LogP contribution in [0.15, 0.2) is 55.1 Å². The molecule has 0 radical (unpaired) electrons. The largest absolute Gasteiger partial charge is 0.493 e. The molecular weight excluding hydrogens is 344 g/mol. The fraction of sp³-hybridized carbons (Fsp3) is 0.238. The van der Waals surface area contributed by atoms with E-state index in [0.29, 0.717) is 35.8 Å². The van der Waals surface area contributed by atoms with Gasteiger partial charge in [-0.15, -0.1) is 0 Å². The molecule has 0 aromatic heterocycles. The Balaban J connectivity index is 2.01. The van der Waals surface area contributed by atoms with Gasteiger partial charge >= 0.3 is 0 Å². The number of nitrogens with one attached hydrogen (secondary N) is 1. The summed E-state index contributed by atoms with van der Waals surface area (Å²) in [5.74, 6) is 0.750. The second-order valence-electron chi connectivity index (χ2n) is 6.04. The first-order chi connectivity index (χ1) is 13.0. The van der Waals surface area contributed by atoms with Crippen molar-refractivity contribution in [1.82, 2.24) is 10.2 Å². The number of benzene rings is 2. The van der Waals surface area contributed by atoms with Crippen LogP contribution in [-0.2, 0) is 6.54 Å². The maximum Gasteiger partial charge on any atom is 0.253 e. The molecule has 2 aromatic carbocycles. The van der Waals surface area contributed by atoms with Gasteiger partial charge in [-0.05, 0) is 35.9 Å². The summed E-state index contributed by atoms with van der Waals surface area (Å²) in [7, 11) is 4.94. The van der Waals surface area contributed by atoms with E-state index in [4.69, 9.17) is 9.47 Å². The molecule has 6 heteroatoms. The van der Waals surface area contributed by atoms with E-state index in [2.05, 4.69) is 11.9 Å². The molecule has 142 valence electrons. The molecule has 0 atom stereocenters. The summed E-state index contributed by atoms with van der Waals surface area (Å²) in [5.41, 5.74) is 1.98. The Kier molecular flexibility index (Phi) is 7.00. The first kappa shape index (κ1) is 20.0. The smallest absolute Gasteiger partial charge is 0.253 e. The number of hydrogen-bond acceptors (Lipinski definition) is 4. The van der Waals surface area contributed by atoms with E-state index >= 15 is 0 Å². The maximum atomic E-state index is 12.4. The van der Waals surface area contributed by atoms with Crippen LogP contribution in [0, 0.1) is 0 Å². The van der Waals surface area contributed by atoms with Crippen molar-refractivity contribution < 1.29 is 19.1 Å². The van der Waals surface area contributed by atoms with Gasteiger partial charge in [0.05, 0.1) is 7.11 Å². The average Bonchev–Trinajstić information content (AvgIpc) is 2.70. The Morgan fingerprint density at radius 2 is 1.74 bits per heavy atom. The van der Waals surface area contributed by atoms with Gasteiger partial charge in [0.15, 0.2) is 11.5 Å². The summed E-state index contributed by atoms with van der Waals surface area (Å²) < 4.78 is 10.8. The minimum absolute atomic E-state index is 0.0588. The number of hydrogen-bond donors (Lipinski definition) is 1. The highest BCUT2D eigenvalue weighted by Crippen LogP contribution is 2.28. The molecule has 2 rings (SSSR count). The fourth-order valence-corrected chi connectivity index (χ4v) is 2.38. The number of methoxy groups -OCH3 is 1. The van der Waals surface area contributed by atoms with Crippen molar-refractivity contribution >= 4 is 11.8 Å². The van der Waals surface area contributed by atoms with Gasteiger partial charge in [-0.25, -0.2) is 0 Å². The molecule has 27 heavy (non-hydrogen) atoms. The third-order valence-corrected chi connectivity index (χ3v) is 3.84. The highest BCUT2D eigenvalue weighted by Gasteiger charge is 2.12. The molecule has 0 spiro atoms. The van der Waals surface area contributed by atoms with E-state index in [1.165, 1.54) is 12.0 Å². The third kappa shape index (κ3) is 5.34. The lowest BCUT2D eigenvalue weighted by Gasteiger charge is -2.12. The van der Waals surface area contributed by atoms with Gasteiger partial charge in [0.1, 0.15) is 6.61 Å². The van der Waals surface area contributed by atoms with Crippen LogP contribution in [-0.4, -0.2) is 44.5 Å². The molecule has 1 N–H and O–H groups in total. The van der Waals surface area contributed by atoms with Crippen molar-refractivity contribution in [3.05, 3.63) is 71.8 Å². The summed E-state index contributed by atoms with van der Waals surface area (Å²) in [6.45, 7) is 4.31. The number of carbonyl (C=O) groups excluding carboxylic acids is 2. The lowest BCUT2D eigenvalue weighted by Crippen LogP contribution is -2.23. The lowest BCUT2D eigenvalue weighted by atomic mass is 10.1. The third-order valence-electron chi connectivity index (χ3n) is 3.84. The van der Waals surface area contributed by atoms with Crippen molar-refractivity contribution in [3.8, 4) is 11.5 Å². The van der Waals surface area contributed by atoms with Crippen molar-refractivity contribution in [3.63, 3.8) is 0 Å². The number of amides is 2. The Bertz CT molecular complexity index is 813. The SMILES string of the molecule is C=CCOc1ccc(C(=O)NCc2ccc(C(=O)N(C)C)cc2)cc1OC. The predicted molar refractivity (Wildman–Crippen MR) is 104 cm³/mol. The Morgan fingerprint density at radius 3 is 2.33 bits per heavy atom. The number of rotatable bonds is 8. The van der Waals surface area contributed by atoms with Crippen LogP contribution in [0.25, 0.3) is 0 Å². The quantitative estimate of drug-likeness (QED) is 0.728. The molecule has 0 unspecified atom stereocenters. The molecule has 0 aliphatic carbocycles. The number of ether oxygens (including phenoxy) is 2. The highest BCUT2D eigenvalue weighted by atomic mass is 16.5. The van der Waals surface area contributed by atoms with Crippen LogP contribution in [0.5, 0.6) is 11.5 Å². The lowest BCUT2D eigenvalue weighted by molar-refractivity contribution is 0.0827. The fourth-order valence-electron chi connectivity index (χ4n) is 2.38. The summed E-state index contributed by atoms with van der Waals surface area (Å²) in [6.07, 6.45) is 1.64. The van der Waals surface area contributed by atoms with Crippen molar-refractivity contribution in [2.75, 3.05) is 27.8 Å². The van der Waals surface area contributed by atoms with E-state index in [1.807, 2.05) is 12.1 Å². The highest BCUT2D eigenvalue weighted by molar-refractivity contribution is 5.95. The van der Waals surface area contributed by atoms with Gasteiger partial charge in [0, 0.05) is 31.8 Å². The summed E-state index contributed by atoms with van der Waals surface area (Å²) in [4.78, 5) is 25.8. The zero-order valence-electron chi connectivity index (χ0n) is 15.8. The first-order valence-electron chi connectivity index (χ1n) is 8.46. The molecular formula is C21H24N2O4. The molecule has 0 aliphatic rings. The van der Waals surface area contributed by atoms with Gasteiger partial charge in [-0.2, -0.15) is 0 Å². The predicted octanol–water partition coefficient (Wildman–Crippen LogP) is 2.89. The molecule has 0 saturated carbocycles. The van der Waals surface area contributed by atoms with Gasteiger partial charge in [0.25, 0.3) is 11.8 Å². The molecule has 0 saturated heterocycles. The standard InChI is InChI=1S/C21H24N2O4/c1-5-12-27-18-11-10-17(13-19(18)26-4)20(24)22-14-15-6-8-16(9-7-15)21(25)23(2)3/h5-11,13H,1,12,14H2,2-4H3,(H,22,24). The van der Waals surface area contributed by atoms with E-state index in [1.54, 1.807) is 50.5 Å². The second-order valence-corrected chi connectivity index (χ2v) is 6.04. The molecule has 0 fully saturated rings. The minimum Gasteiger partial charge on any atom is -0.493 e. The topological polar surface area (TPSA) is 67.9 Å². The monoisotopic (exact) mass is 368 g/mol. The first-order valence-corrected chi connectivity index (χ1v) is 8.46. The maximum absolute atomic E-state index is 12.4. The summed E-state index contributed by atoms with van der Waals surface area (Å²) in [5, 5.41) is 2.85. The molecule has 2 aromatic rings. The van der Waals surface area contributed by atoms with Crippen molar-refractivity contribution in [2.45, 2.75) is 6.54 Å². The Labute approximate surface area is 159 Å². The zero-order valence-corrected chi connectivity index (χ0v) is 15.8. The van der Waals surface area contributed by atoms with Gasteiger partial charge in [-0.3, -0.25) is 9.59 Å². The Morgan fingerprint density at radius 1 is 1.07 bits per heavy atom. The van der Waals surface area contributed by atoms with Gasteiger partial charge < -0.3 is 19.7 Å². The second kappa shape index (κ2) is 9.43. The Hall–Kier alpha value is -3.28. The van der Waals surface area contributed by atoms with E-state index in [-0.39, 0.29) is 11.8 Å². The van der Waals surface area contributed by atoms with Crippen LogP contribution in [0.3, 0.4) is 0 Å². The van der Waals surface area contributed by atoms with Crippen LogP contribution in [0.4, 0.5) is 0 Å². The molecule has 2 amide bonds. The van der Waals surface area contributed by atoms with Crippen LogP contribution < -0.4 is 14.8 Å². The van der Waals surface area contributed by atoms with Crippen molar-refractivity contribution in [1.29, 1.82) is 0 Å². The average molecular weight is 368 g/mol. The van der Waals surface area contributed by atoms with Crippen LogP contribution >= 0.6 is 0 Å². The molecule has 0 heterocycles. The van der Waals surface area contributed by atoms with Crippen molar-refractivity contribution in [2.24, 2.45) is 0 Å². The normalized spacial score (nSPS) is 10.0. The number of nitrogens with zero attached hydrogens (tertiary/aromatic N) is 1. The molecule has 0 aliphatic heterocycles. The zero-order chi connectivity index (χ0) is 19.8. The van der Waals surface area contributed by atoms with E-state index in [9.17, 15) is 9.59 Å². The van der Waals surface area contributed by atoms with E-state index < -0.39 is 0 Å².